The van der Waals surface area contributed by atoms with Crippen LogP contribution in [0.3, 0.4) is 0 Å². The normalized spacial score (nSPS) is 17.5. The van der Waals surface area contributed by atoms with Crippen molar-refractivity contribution in [1.29, 1.82) is 0 Å². The molecule has 0 aliphatic carbocycles. The zero-order chi connectivity index (χ0) is 16.9. The molecule has 24 heavy (non-hydrogen) atoms. The second kappa shape index (κ2) is 7.29. The van der Waals surface area contributed by atoms with Crippen molar-refractivity contribution in [2.75, 3.05) is 20.2 Å². The molecule has 126 valence electrons. The maximum Gasteiger partial charge on any atom is 0.345 e. The summed E-state index contributed by atoms with van der Waals surface area (Å²) in [5.74, 6) is 1.06. The number of amides is 1. The van der Waals surface area contributed by atoms with Crippen LogP contribution in [0.2, 0.25) is 0 Å². The van der Waals surface area contributed by atoms with E-state index in [-0.39, 0.29) is 17.5 Å². The zero-order valence-corrected chi connectivity index (χ0v) is 13.7. The average Bonchev–Trinajstić information content (AvgIpc) is 2.62. The standard InChI is InChI=1S/C18H21N3O3/c1-24-15-6-4-13(5-7-15)11-17(22)21-10-2-3-14(12-21)16-8-9-19-18(23)20-16/h4-9,14H,2-3,10-12H2,1H3,(H,19,20,23). The number of methoxy groups -OCH3 is 1. The molecule has 6 nitrogen and oxygen atoms in total. The Morgan fingerprint density at radius 2 is 2.12 bits per heavy atom. The first-order valence-electron chi connectivity index (χ1n) is 8.11. The number of benzene rings is 1. The second-order valence-electron chi connectivity index (χ2n) is 6.03. The fourth-order valence-electron chi connectivity index (χ4n) is 3.11. The molecule has 1 unspecified atom stereocenters. The van der Waals surface area contributed by atoms with Crippen LogP contribution in [-0.4, -0.2) is 41.0 Å². The van der Waals surface area contributed by atoms with Gasteiger partial charge < -0.3 is 14.6 Å². The van der Waals surface area contributed by atoms with E-state index in [0.29, 0.717) is 13.0 Å². The lowest BCUT2D eigenvalue weighted by Gasteiger charge is -2.32. The van der Waals surface area contributed by atoms with Gasteiger partial charge in [-0.2, -0.15) is 0 Å². The topological polar surface area (TPSA) is 75.3 Å². The van der Waals surface area contributed by atoms with Crippen molar-refractivity contribution in [2.45, 2.75) is 25.2 Å². The average molecular weight is 327 g/mol. The second-order valence-corrected chi connectivity index (χ2v) is 6.03. The molecule has 0 bridgehead atoms. The van der Waals surface area contributed by atoms with Crippen molar-refractivity contribution in [3.05, 3.63) is 58.3 Å². The Hall–Kier alpha value is -2.63. The third kappa shape index (κ3) is 3.82. The number of carbonyl (C=O) groups is 1. The van der Waals surface area contributed by atoms with Crippen molar-refractivity contribution in [1.82, 2.24) is 14.9 Å². The van der Waals surface area contributed by atoms with Crippen LogP contribution in [0, 0.1) is 0 Å². The van der Waals surface area contributed by atoms with Crippen molar-refractivity contribution < 1.29 is 9.53 Å². The van der Waals surface area contributed by atoms with Crippen LogP contribution in [0.4, 0.5) is 0 Å². The minimum atomic E-state index is -0.339. The molecule has 2 aromatic rings. The SMILES string of the molecule is COc1ccc(CC(=O)N2CCCC(c3ccnc(=O)[nH]3)C2)cc1. The lowest BCUT2D eigenvalue weighted by molar-refractivity contribution is -0.131. The highest BCUT2D eigenvalue weighted by atomic mass is 16.5. The number of hydrogen-bond donors (Lipinski definition) is 1. The lowest BCUT2D eigenvalue weighted by Crippen LogP contribution is -2.40. The Morgan fingerprint density at radius 3 is 2.83 bits per heavy atom. The van der Waals surface area contributed by atoms with Crippen LogP contribution in [0.15, 0.2) is 41.3 Å². The molecule has 0 saturated carbocycles. The number of nitrogens with one attached hydrogen (secondary N) is 1. The van der Waals surface area contributed by atoms with E-state index in [2.05, 4.69) is 9.97 Å². The smallest absolute Gasteiger partial charge is 0.345 e. The van der Waals surface area contributed by atoms with Crippen LogP contribution in [-0.2, 0) is 11.2 Å². The highest BCUT2D eigenvalue weighted by Crippen LogP contribution is 2.25. The number of likely N-dealkylation sites (tertiary alicyclic amines) is 1. The van der Waals surface area contributed by atoms with Crippen LogP contribution in [0.1, 0.15) is 30.0 Å². The van der Waals surface area contributed by atoms with Gasteiger partial charge in [-0.05, 0) is 36.6 Å². The van der Waals surface area contributed by atoms with Gasteiger partial charge in [-0.25, -0.2) is 9.78 Å². The first kappa shape index (κ1) is 16.2. The van der Waals surface area contributed by atoms with Gasteiger partial charge in [0.2, 0.25) is 5.91 Å². The Kier molecular flexibility index (Phi) is 4.93. The van der Waals surface area contributed by atoms with Gasteiger partial charge in [0.25, 0.3) is 0 Å². The van der Waals surface area contributed by atoms with E-state index in [9.17, 15) is 9.59 Å². The number of hydrogen-bond acceptors (Lipinski definition) is 4. The summed E-state index contributed by atoms with van der Waals surface area (Å²) in [4.78, 5) is 32.3. The van der Waals surface area contributed by atoms with Gasteiger partial charge in [-0.1, -0.05) is 12.1 Å². The molecular formula is C18H21N3O3. The van der Waals surface area contributed by atoms with E-state index in [0.717, 1.165) is 36.4 Å². The van der Waals surface area contributed by atoms with Crippen LogP contribution < -0.4 is 10.4 Å². The van der Waals surface area contributed by atoms with E-state index in [1.165, 1.54) is 6.20 Å². The van der Waals surface area contributed by atoms with Crippen molar-refractivity contribution >= 4 is 5.91 Å². The molecule has 1 aromatic heterocycles. The van der Waals surface area contributed by atoms with Gasteiger partial charge in [0.05, 0.1) is 13.5 Å². The fourth-order valence-corrected chi connectivity index (χ4v) is 3.11. The molecule has 1 aromatic carbocycles. The van der Waals surface area contributed by atoms with Crippen LogP contribution in [0.5, 0.6) is 5.75 Å². The summed E-state index contributed by atoms with van der Waals surface area (Å²) in [5.41, 5.74) is 1.49. The number of H-pyrrole nitrogens is 1. The summed E-state index contributed by atoms with van der Waals surface area (Å²) in [6.07, 6.45) is 3.80. The number of carbonyl (C=O) groups excluding carboxylic acids is 1. The first-order valence-corrected chi connectivity index (χ1v) is 8.11. The van der Waals surface area contributed by atoms with E-state index in [1.807, 2.05) is 35.2 Å². The van der Waals surface area contributed by atoms with Crippen LogP contribution in [0.25, 0.3) is 0 Å². The number of piperidine rings is 1. The van der Waals surface area contributed by atoms with Crippen molar-refractivity contribution in [2.24, 2.45) is 0 Å². The van der Waals surface area contributed by atoms with Gasteiger partial charge in [-0.3, -0.25) is 4.79 Å². The molecule has 6 heteroatoms. The van der Waals surface area contributed by atoms with Crippen molar-refractivity contribution in [3.8, 4) is 5.75 Å². The Bertz CT molecular complexity index is 755. The highest BCUT2D eigenvalue weighted by Gasteiger charge is 2.25. The predicted molar refractivity (Wildman–Crippen MR) is 90.1 cm³/mol. The summed E-state index contributed by atoms with van der Waals surface area (Å²) in [6, 6.07) is 9.38. The van der Waals surface area contributed by atoms with Crippen LogP contribution >= 0.6 is 0 Å². The summed E-state index contributed by atoms with van der Waals surface area (Å²) in [7, 11) is 1.62. The predicted octanol–water partition coefficient (Wildman–Crippen LogP) is 1.73. The van der Waals surface area contributed by atoms with E-state index < -0.39 is 0 Å². The third-order valence-corrected chi connectivity index (χ3v) is 4.43. The molecule has 1 aliphatic rings. The Morgan fingerprint density at radius 1 is 1.33 bits per heavy atom. The monoisotopic (exact) mass is 327 g/mol. The number of rotatable bonds is 4. The molecular weight excluding hydrogens is 306 g/mol. The highest BCUT2D eigenvalue weighted by molar-refractivity contribution is 5.79. The van der Waals surface area contributed by atoms with E-state index in [1.54, 1.807) is 7.11 Å². The number of nitrogens with zero attached hydrogens (tertiary/aromatic N) is 2. The molecule has 0 spiro atoms. The molecule has 1 N–H and O–H groups in total. The molecule has 0 radical (unpaired) electrons. The molecule has 2 heterocycles. The molecule has 1 saturated heterocycles. The van der Waals surface area contributed by atoms with Gasteiger partial charge in [0.15, 0.2) is 0 Å². The largest absolute Gasteiger partial charge is 0.497 e. The number of aromatic nitrogens is 2. The molecule has 1 amide bonds. The number of aromatic amines is 1. The van der Waals surface area contributed by atoms with Gasteiger partial charge >= 0.3 is 5.69 Å². The molecule has 1 fully saturated rings. The van der Waals surface area contributed by atoms with Crippen molar-refractivity contribution in [3.63, 3.8) is 0 Å². The van der Waals surface area contributed by atoms with E-state index >= 15 is 0 Å². The lowest BCUT2D eigenvalue weighted by atomic mass is 9.94. The zero-order valence-electron chi connectivity index (χ0n) is 13.7. The summed E-state index contributed by atoms with van der Waals surface area (Å²) in [6.45, 7) is 1.40. The maximum atomic E-state index is 12.6. The summed E-state index contributed by atoms with van der Waals surface area (Å²) >= 11 is 0. The fraction of sp³-hybridized carbons (Fsp3) is 0.389. The summed E-state index contributed by atoms with van der Waals surface area (Å²) < 4.78 is 5.13. The van der Waals surface area contributed by atoms with Gasteiger partial charge in [-0.15, -0.1) is 0 Å². The maximum absolute atomic E-state index is 12.6. The number of ether oxygens (including phenoxy) is 1. The minimum absolute atomic E-state index is 0.112. The Labute approximate surface area is 140 Å². The third-order valence-electron chi connectivity index (χ3n) is 4.43. The Balaban J connectivity index is 1.65. The van der Waals surface area contributed by atoms with E-state index in [4.69, 9.17) is 4.74 Å². The minimum Gasteiger partial charge on any atom is -0.497 e. The van der Waals surface area contributed by atoms with Gasteiger partial charge in [0, 0.05) is 30.9 Å². The van der Waals surface area contributed by atoms with Gasteiger partial charge in [0.1, 0.15) is 5.75 Å². The molecule has 1 atom stereocenters. The summed E-state index contributed by atoms with van der Waals surface area (Å²) in [5, 5.41) is 0. The molecule has 3 rings (SSSR count). The first-order chi connectivity index (χ1) is 11.7. The molecule has 1 aliphatic heterocycles. The quantitative estimate of drug-likeness (QED) is 0.928.